The molecule has 31 heavy (non-hydrogen) atoms. The molecule has 0 saturated carbocycles. The highest BCUT2D eigenvalue weighted by Gasteiger charge is 2.31. The van der Waals surface area contributed by atoms with E-state index in [1.165, 1.54) is 40.1 Å². The quantitative estimate of drug-likeness (QED) is 0.519. The van der Waals surface area contributed by atoms with Crippen LogP contribution in [-0.2, 0) is 0 Å². The maximum Gasteiger partial charge on any atom is 0.230 e. The van der Waals surface area contributed by atoms with Crippen LogP contribution < -0.4 is 4.90 Å². The Balaban J connectivity index is 1.46. The van der Waals surface area contributed by atoms with Crippen molar-refractivity contribution < 1.29 is 13.9 Å². The molecule has 6 nitrogen and oxygen atoms in total. The molecular formula is C22H21F2N5OS. The summed E-state index contributed by atoms with van der Waals surface area (Å²) in [5, 5.41) is 15.2. The lowest BCUT2D eigenvalue weighted by Crippen LogP contribution is -2.47. The molecule has 1 aliphatic heterocycles. The lowest BCUT2D eigenvalue weighted by atomic mass is 10.0. The molecule has 1 N–H and O–H groups in total. The second-order valence-corrected chi connectivity index (χ2v) is 8.61. The highest BCUT2D eigenvalue weighted by molar-refractivity contribution is 7.17. The van der Waals surface area contributed by atoms with Crippen molar-refractivity contribution in [3.63, 3.8) is 0 Å². The molecule has 0 aliphatic carbocycles. The zero-order chi connectivity index (χ0) is 21.5. The van der Waals surface area contributed by atoms with E-state index in [0.717, 1.165) is 42.3 Å². The van der Waals surface area contributed by atoms with E-state index in [9.17, 15) is 13.9 Å². The second-order valence-electron chi connectivity index (χ2n) is 7.60. The van der Waals surface area contributed by atoms with Crippen LogP contribution in [0.4, 0.5) is 14.5 Å². The average molecular weight is 442 g/mol. The first kappa shape index (κ1) is 19.9. The number of thiazole rings is 1. The highest BCUT2D eigenvalue weighted by Crippen LogP contribution is 2.40. The fourth-order valence-corrected chi connectivity index (χ4v) is 5.25. The molecule has 160 valence electrons. The topological polar surface area (TPSA) is 56.9 Å². The second kappa shape index (κ2) is 7.90. The smallest absolute Gasteiger partial charge is 0.230 e. The Morgan fingerprint density at radius 1 is 0.935 bits per heavy atom. The van der Waals surface area contributed by atoms with E-state index >= 15 is 0 Å². The van der Waals surface area contributed by atoms with E-state index in [-0.39, 0.29) is 23.6 Å². The van der Waals surface area contributed by atoms with Crippen LogP contribution >= 0.6 is 11.3 Å². The molecule has 9 heteroatoms. The molecule has 1 aliphatic rings. The van der Waals surface area contributed by atoms with E-state index < -0.39 is 0 Å². The predicted molar refractivity (Wildman–Crippen MR) is 116 cm³/mol. The summed E-state index contributed by atoms with van der Waals surface area (Å²) in [4.78, 5) is 10.2. The molecular weight excluding hydrogens is 420 g/mol. The third-order valence-electron chi connectivity index (χ3n) is 5.61. The minimum absolute atomic E-state index is 0.0656. The zero-order valence-corrected chi connectivity index (χ0v) is 17.7. The lowest BCUT2D eigenvalue weighted by molar-refractivity contribution is 0.211. The number of halogens is 2. The number of hydrogen-bond acceptors (Lipinski definition) is 6. The van der Waals surface area contributed by atoms with E-state index in [0.29, 0.717) is 10.8 Å². The van der Waals surface area contributed by atoms with Crippen LogP contribution in [0, 0.1) is 18.6 Å². The summed E-state index contributed by atoms with van der Waals surface area (Å²) in [6, 6.07) is 12.7. The Morgan fingerprint density at radius 2 is 1.55 bits per heavy atom. The fraction of sp³-hybridized carbons (Fsp3) is 0.273. The van der Waals surface area contributed by atoms with Crippen LogP contribution in [0.5, 0.6) is 5.88 Å². The van der Waals surface area contributed by atoms with E-state index in [2.05, 4.69) is 19.9 Å². The Morgan fingerprint density at radius 3 is 2.16 bits per heavy atom. The molecule has 3 heterocycles. The standard InChI is InChI=1S/C22H21F2N5OS/c1-14-25-22-29(26-14)21(30)20(31-22)19(15-2-4-16(23)5-3-15)28-12-10-27(11-13-28)18-8-6-17(24)7-9-18/h2-9,19,30H,10-13H2,1H3/t19-/m0/s1. The van der Waals surface area contributed by atoms with Gasteiger partial charge >= 0.3 is 0 Å². The van der Waals surface area contributed by atoms with Gasteiger partial charge in [-0.2, -0.15) is 4.52 Å². The van der Waals surface area contributed by atoms with Crippen molar-refractivity contribution >= 4 is 22.0 Å². The summed E-state index contributed by atoms with van der Waals surface area (Å²) in [7, 11) is 0. The first-order valence-corrected chi connectivity index (χ1v) is 10.9. The van der Waals surface area contributed by atoms with Crippen molar-refractivity contribution in [2.45, 2.75) is 13.0 Å². The van der Waals surface area contributed by atoms with Crippen LogP contribution in [0.15, 0.2) is 48.5 Å². The van der Waals surface area contributed by atoms with Crippen molar-refractivity contribution in [1.29, 1.82) is 0 Å². The van der Waals surface area contributed by atoms with Crippen LogP contribution in [0.2, 0.25) is 0 Å². The molecule has 4 aromatic rings. The number of rotatable bonds is 4. The molecule has 1 fully saturated rings. The molecule has 0 bridgehead atoms. The maximum atomic E-state index is 13.6. The first-order valence-electron chi connectivity index (χ1n) is 10.0. The Hall–Kier alpha value is -3.04. The van der Waals surface area contributed by atoms with Gasteiger partial charge in [-0.25, -0.2) is 13.8 Å². The van der Waals surface area contributed by atoms with Gasteiger partial charge in [0.2, 0.25) is 10.8 Å². The normalized spacial score (nSPS) is 16.2. The number of anilines is 1. The minimum atomic E-state index is -0.300. The van der Waals surface area contributed by atoms with Gasteiger partial charge in [-0.3, -0.25) is 4.90 Å². The number of aromatic nitrogens is 3. The monoisotopic (exact) mass is 441 g/mol. The van der Waals surface area contributed by atoms with E-state index in [1.807, 2.05) is 0 Å². The molecule has 2 aromatic heterocycles. The van der Waals surface area contributed by atoms with Crippen molar-refractivity contribution in [1.82, 2.24) is 19.5 Å². The minimum Gasteiger partial charge on any atom is -0.492 e. The van der Waals surface area contributed by atoms with Gasteiger partial charge in [0.25, 0.3) is 0 Å². The highest BCUT2D eigenvalue weighted by atomic mass is 32.1. The number of hydrogen-bond donors (Lipinski definition) is 1. The Kier molecular flexibility index (Phi) is 5.07. The Bertz CT molecular complexity index is 1200. The summed E-state index contributed by atoms with van der Waals surface area (Å²) in [5.74, 6) is 0.113. The molecule has 0 amide bonds. The van der Waals surface area contributed by atoms with Crippen molar-refractivity contribution in [2.24, 2.45) is 0 Å². The number of benzene rings is 2. The fourth-order valence-electron chi connectivity index (χ4n) is 4.09. The van der Waals surface area contributed by atoms with Crippen molar-refractivity contribution in [3.05, 3.63) is 76.4 Å². The van der Waals surface area contributed by atoms with Gasteiger partial charge in [-0.05, 0) is 48.9 Å². The predicted octanol–water partition coefficient (Wildman–Crippen LogP) is 3.99. The summed E-state index contributed by atoms with van der Waals surface area (Å²) in [6.07, 6.45) is 0. The molecule has 1 atom stereocenters. The van der Waals surface area contributed by atoms with E-state index in [4.69, 9.17) is 0 Å². The average Bonchev–Trinajstić information content (AvgIpc) is 3.28. The molecule has 0 spiro atoms. The van der Waals surface area contributed by atoms with Gasteiger partial charge < -0.3 is 10.0 Å². The molecule has 0 radical (unpaired) electrons. The van der Waals surface area contributed by atoms with Gasteiger partial charge in [0.05, 0.1) is 10.9 Å². The van der Waals surface area contributed by atoms with Crippen LogP contribution in [0.25, 0.3) is 4.96 Å². The van der Waals surface area contributed by atoms with E-state index in [1.54, 1.807) is 31.2 Å². The van der Waals surface area contributed by atoms with Gasteiger partial charge in [-0.1, -0.05) is 23.5 Å². The summed E-state index contributed by atoms with van der Waals surface area (Å²) in [5.41, 5.74) is 1.88. The third-order valence-corrected chi connectivity index (χ3v) is 6.68. The van der Waals surface area contributed by atoms with Crippen LogP contribution in [0.1, 0.15) is 22.3 Å². The van der Waals surface area contributed by atoms with Crippen molar-refractivity contribution in [2.75, 3.05) is 31.1 Å². The van der Waals surface area contributed by atoms with Gasteiger partial charge in [0.15, 0.2) is 0 Å². The van der Waals surface area contributed by atoms with Gasteiger partial charge in [-0.15, -0.1) is 5.10 Å². The lowest BCUT2D eigenvalue weighted by Gasteiger charge is -2.40. The molecule has 2 aromatic carbocycles. The summed E-state index contributed by atoms with van der Waals surface area (Å²) in [6.45, 7) is 4.75. The maximum absolute atomic E-state index is 13.6. The molecule has 1 saturated heterocycles. The molecule has 5 rings (SSSR count). The van der Waals surface area contributed by atoms with Gasteiger partial charge in [0, 0.05) is 31.9 Å². The summed E-state index contributed by atoms with van der Waals surface area (Å²) >= 11 is 1.39. The number of nitrogens with zero attached hydrogens (tertiary/aromatic N) is 5. The number of piperazine rings is 1. The number of aryl methyl sites for hydroxylation is 1. The first-order chi connectivity index (χ1) is 15.0. The largest absolute Gasteiger partial charge is 0.492 e. The van der Waals surface area contributed by atoms with Crippen molar-refractivity contribution in [3.8, 4) is 5.88 Å². The van der Waals surface area contributed by atoms with Crippen LogP contribution in [-0.4, -0.2) is 50.8 Å². The number of aromatic hydroxyl groups is 1. The molecule has 0 unspecified atom stereocenters. The zero-order valence-electron chi connectivity index (χ0n) is 16.9. The summed E-state index contributed by atoms with van der Waals surface area (Å²) < 4.78 is 28.3. The SMILES string of the molecule is Cc1nc2sc([C@H](c3ccc(F)cc3)N3CCN(c4ccc(F)cc4)CC3)c(O)n2n1. The van der Waals surface area contributed by atoms with Gasteiger partial charge in [0.1, 0.15) is 17.5 Å². The third kappa shape index (κ3) is 3.75. The number of fused-ring (bicyclic) bond motifs is 1. The Labute approximate surface area is 182 Å². The van der Waals surface area contributed by atoms with Crippen LogP contribution in [0.3, 0.4) is 0 Å².